The molecule has 1 aliphatic rings. The highest BCUT2D eigenvalue weighted by molar-refractivity contribution is 7.89. The predicted octanol–water partition coefficient (Wildman–Crippen LogP) is 3.38. The molecule has 2 heterocycles. The minimum atomic E-state index is -3.41. The van der Waals surface area contributed by atoms with E-state index in [0.29, 0.717) is 25.5 Å². The molecule has 1 aromatic heterocycles. The van der Waals surface area contributed by atoms with Gasteiger partial charge in [-0.1, -0.05) is 48.9 Å². The number of sulfonamides is 1. The summed E-state index contributed by atoms with van der Waals surface area (Å²) in [6.45, 7) is 1.83. The number of aromatic nitrogens is 1. The van der Waals surface area contributed by atoms with Gasteiger partial charge in [-0.05, 0) is 30.5 Å². The lowest BCUT2D eigenvalue weighted by Gasteiger charge is -2.25. The van der Waals surface area contributed by atoms with E-state index >= 15 is 0 Å². The van der Waals surface area contributed by atoms with Crippen LogP contribution < -0.4 is 5.32 Å². The summed E-state index contributed by atoms with van der Waals surface area (Å²) in [5.74, 6) is 0.662. The van der Waals surface area contributed by atoms with Crippen LogP contribution in [0.1, 0.15) is 24.8 Å². The van der Waals surface area contributed by atoms with Gasteiger partial charge in [-0.2, -0.15) is 4.31 Å². The fraction of sp³-hybridized carbons (Fsp3) is 0.316. The molecule has 0 amide bonds. The van der Waals surface area contributed by atoms with Gasteiger partial charge in [0.15, 0.2) is 0 Å². The number of nitrogens with zero attached hydrogens (tertiary/aromatic N) is 2. The third-order valence-corrected chi connectivity index (χ3v) is 6.08. The van der Waals surface area contributed by atoms with Crippen molar-refractivity contribution in [2.24, 2.45) is 0 Å². The molecule has 1 N–H and O–H groups in total. The van der Waals surface area contributed by atoms with Gasteiger partial charge in [0.05, 0.1) is 0 Å². The third kappa shape index (κ3) is 4.67. The van der Waals surface area contributed by atoms with Gasteiger partial charge in [-0.25, -0.2) is 13.4 Å². The molecule has 0 spiro atoms. The number of anilines is 1. The summed E-state index contributed by atoms with van der Waals surface area (Å²) in [4.78, 5) is 4.50. The molecule has 1 saturated heterocycles. The first-order chi connectivity index (χ1) is 12.2. The van der Waals surface area contributed by atoms with Crippen molar-refractivity contribution in [1.82, 2.24) is 9.29 Å². The van der Waals surface area contributed by atoms with E-state index in [-0.39, 0.29) is 4.90 Å². The standard InChI is InChI=1S/C19H23N3O2S/c23-25(24,22-14-5-2-6-15-22)18-11-12-19(21-16-18)20-13-7-10-17-8-3-1-4-9-17/h1,3-4,7-12,16H,2,5-6,13-15H2,(H,20,21)/b10-7+. The first-order valence-corrected chi connectivity index (χ1v) is 10.0. The van der Waals surface area contributed by atoms with Crippen LogP contribution in [0.4, 0.5) is 5.82 Å². The Kier molecular flexibility index (Phi) is 5.83. The summed E-state index contributed by atoms with van der Waals surface area (Å²) in [5, 5.41) is 3.17. The summed E-state index contributed by atoms with van der Waals surface area (Å²) in [6, 6.07) is 13.4. The topological polar surface area (TPSA) is 62.3 Å². The lowest BCUT2D eigenvalue weighted by Crippen LogP contribution is -2.35. The van der Waals surface area contributed by atoms with Crippen molar-refractivity contribution in [2.75, 3.05) is 25.0 Å². The van der Waals surface area contributed by atoms with Crippen LogP contribution in [0.15, 0.2) is 59.6 Å². The van der Waals surface area contributed by atoms with Crippen molar-refractivity contribution in [1.29, 1.82) is 0 Å². The zero-order chi connectivity index (χ0) is 17.5. The molecule has 1 aromatic carbocycles. The summed E-state index contributed by atoms with van der Waals surface area (Å²) in [7, 11) is -3.41. The smallest absolute Gasteiger partial charge is 0.244 e. The summed E-state index contributed by atoms with van der Waals surface area (Å²) >= 11 is 0. The van der Waals surface area contributed by atoms with Crippen LogP contribution in [-0.4, -0.2) is 37.3 Å². The first kappa shape index (κ1) is 17.6. The number of piperidine rings is 1. The van der Waals surface area contributed by atoms with Crippen molar-refractivity contribution < 1.29 is 8.42 Å². The zero-order valence-corrected chi connectivity index (χ0v) is 15.0. The fourth-order valence-electron chi connectivity index (χ4n) is 2.81. The summed E-state index contributed by atoms with van der Waals surface area (Å²) in [6.07, 6.45) is 8.44. The third-order valence-electron chi connectivity index (χ3n) is 4.20. The molecule has 25 heavy (non-hydrogen) atoms. The van der Waals surface area contributed by atoms with Crippen molar-refractivity contribution in [2.45, 2.75) is 24.2 Å². The highest BCUT2D eigenvalue weighted by atomic mass is 32.2. The van der Waals surface area contributed by atoms with Crippen molar-refractivity contribution in [3.05, 3.63) is 60.3 Å². The number of rotatable bonds is 6. The van der Waals surface area contributed by atoms with Gasteiger partial charge in [0.25, 0.3) is 0 Å². The molecule has 0 aliphatic carbocycles. The molecule has 1 aliphatic heterocycles. The van der Waals surface area contributed by atoms with Gasteiger partial charge in [0.2, 0.25) is 10.0 Å². The van der Waals surface area contributed by atoms with Gasteiger partial charge in [0.1, 0.15) is 10.7 Å². The molecule has 2 aromatic rings. The Labute approximate surface area is 149 Å². The Morgan fingerprint density at radius 1 is 1.04 bits per heavy atom. The maximum atomic E-state index is 12.6. The summed E-state index contributed by atoms with van der Waals surface area (Å²) in [5.41, 5.74) is 1.14. The maximum absolute atomic E-state index is 12.6. The van der Waals surface area contributed by atoms with Gasteiger partial charge in [0, 0.05) is 25.8 Å². The van der Waals surface area contributed by atoms with Crippen LogP contribution in [0.5, 0.6) is 0 Å². The van der Waals surface area contributed by atoms with E-state index in [1.54, 1.807) is 16.4 Å². The molecule has 0 atom stereocenters. The van der Waals surface area contributed by atoms with Gasteiger partial charge < -0.3 is 5.32 Å². The highest BCUT2D eigenvalue weighted by Gasteiger charge is 2.25. The van der Waals surface area contributed by atoms with Crippen molar-refractivity contribution in [3.63, 3.8) is 0 Å². The lowest BCUT2D eigenvalue weighted by atomic mass is 10.2. The molecule has 1 fully saturated rings. The average Bonchev–Trinajstić information content (AvgIpc) is 2.67. The Balaban J connectivity index is 1.57. The van der Waals surface area contributed by atoms with Crippen LogP contribution in [0.2, 0.25) is 0 Å². The molecular weight excluding hydrogens is 334 g/mol. The molecule has 6 heteroatoms. The highest BCUT2D eigenvalue weighted by Crippen LogP contribution is 2.20. The lowest BCUT2D eigenvalue weighted by molar-refractivity contribution is 0.346. The maximum Gasteiger partial charge on any atom is 0.244 e. The molecule has 0 bridgehead atoms. The largest absolute Gasteiger partial charge is 0.367 e. The van der Waals surface area contributed by atoms with Crippen LogP contribution in [0, 0.1) is 0 Å². The van der Waals surface area contributed by atoms with Crippen LogP contribution in [-0.2, 0) is 10.0 Å². The molecule has 3 rings (SSSR count). The van der Waals surface area contributed by atoms with Crippen molar-refractivity contribution in [3.8, 4) is 0 Å². The van der Waals surface area contributed by atoms with E-state index in [0.717, 1.165) is 24.8 Å². The number of nitrogens with one attached hydrogen (secondary N) is 1. The zero-order valence-electron chi connectivity index (χ0n) is 14.1. The second-order valence-corrected chi connectivity index (χ2v) is 7.98. The van der Waals surface area contributed by atoms with E-state index in [4.69, 9.17) is 0 Å². The van der Waals surface area contributed by atoms with E-state index in [1.807, 2.05) is 42.5 Å². The Morgan fingerprint density at radius 2 is 1.80 bits per heavy atom. The average molecular weight is 357 g/mol. The van der Waals surface area contributed by atoms with Gasteiger partial charge in [-0.15, -0.1) is 0 Å². The molecule has 0 radical (unpaired) electrons. The Bertz CT molecular complexity index is 796. The van der Waals surface area contributed by atoms with E-state index < -0.39 is 10.0 Å². The second kappa shape index (κ2) is 8.27. The van der Waals surface area contributed by atoms with E-state index in [2.05, 4.69) is 10.3 Å². The monoisotopic (exact) mass is 357 g/mol. The van der Waals surface area contributed by atoms with Gasteiger partial charge >= 0.3 is 0 Å². The van der Waals surface area contributed by atoms with Crippen LogP contribution in [0.25, 0.3) is 6.08 Å². The minimum Gasteiger partial charge on any atom is -0.367 e. The minimum absolute atomic E-state index is 0.264. The first-order valence-electron chi connectivity index (χ1n) is 8.58. The van der Waals surface area contributed by atoms with E-state index in [9.17, 15) is 8.42 Å². The predicted molar refractivity (Wildman–Crippen MR) is 101 cm³/mol. The number of pyridine rings is 1. The normalized spacial score (nSPS) is 16.2. The molecule has 0 unspecified atom stereocenters. The molecule has 132 valence electrons. The van der Waals surface area contributed by atoms with Crippen LogP contribution in [0.3, 0.4) is 0 Å². The number of hydrogen-bond acceptors (Lipinski definition) is 4. The Hall–Kier alpha value is -2.18. The quantitative estimate of drug-likeness (QED) is 0.861. The number of benzene rings is 1. The van der Waals surface area contributed by atoms with E-state index in [1.165, 1.54) is 6.20 Å². The molecular formula is C19H23N3O2S. The SMILES string of the molecule is O=S(=O)(c1ccc(NC/C=C/c2ccccc2)nc1)N1CCCCC1. The van der Waals surface area contributed by atoms with Gasteiger partial charge in [-0.3, -0.25) is 0 Å². The molecule has 0 saturated carbocycles. The number of hydrogen-bond donors (Lipinski definition) is 1. The summed E-state index contributed by atoms with van der Waals surface area (Å²) < 4.78 is 26.7. The second-order valence-electron chi connectivity index (χ2n) is 6.04. The molecule has 5 nitrogen and oxygen atoms in total. The van der Waals surface area contributed by atoms with Crippen LogP contribution >= 0.6 is 0 Å². The Morgan fingerprint density at radius 3 is 2.48 bits per heavy atom. The van der Waals surface area contributed by atoms with Crippen molar-refractivity contribution >= 4 is 21.9 Å². The fourth-order valence-corrected chi connectivity index (χ4v) is 4.28.